The van der Waals surface area contributed by atoms with Crippen molar-refractivity contribution in [3.05, 3.63) is 40.9 Å². The van der Waals surface area contributed by atoms with Gasteiger partial charge in [0.15, 0.2) is 0 Å². The molecule has 1 saturated carbocycles. The highest BCUT2D eigenvalue weighted by atomic mass is 35.5. The minimum absolute atomic E-state index is 0.0193. The van der Waals surface area contributed by atoms with Crippen LogP contribution in [-0.4, -0.2) is 23.2 Å². The zero-order chi connectivity index (χ0) is 14.0. The summed E-state index contributed by atoms with van der Waals surface area (Å²) in [6.07, 6.45) is 3.44. The molecule has 0 aromatic heterocycles. The summed E-state index contributed by atoms with van der Waals surface area (Å²) in [6, 6.07) is 7.37. The van der Waals surface area contributed by atoms with E-state index in [0.29, 0.717) is 11.4 Å². The Kier molecular flexibility index (Phi) is 3.97. The Morgan fingerprint density at radius 2 is 2.16 bits per heavy atom. The van der Waals surface area contributed by atoms with Crippen molar-refractivity contribution in [2.75, 3.05) is 0 Å². The average molecular weight is 280 g/mol. The average Bonchev–Trinajstić information content (AvgIpc) is 2.37. The third kappa shape index (κ3) is 2.99. The van der Waals surface area contributed by atoms with E-state index in [4.69, 9.17) is 11.6 Å². The molecule has 2 rings (SSSR count). The smallest absolute Gasteiger partial charge is 0.244 e. The van der Waals surface area contributed by atoms with Gasteiger partial charge in [-0.05, 0) is 24.1 Å². The lowest BCUT2D eigenvalue weighted by atomic mass is 9.64. The fourth-order valence-corrected chi connectivity index (χ4v) is 2.34. The van der Waals surface area contributed by atoms with Crippen LogP contribution in [0.15, 0.2) is 30.3 Å². The molecule has 1 aliphatic carbocycles. The molecule has 2 unspecified atom stereocenters. The summed E-state index contributed by atoms with van der Waals surface area (Å²) in [5.41, 5.74) is 0.556. The van der Waals surface area contributed by atoms with Crippen LogP contribution in [0.3, 0.4) is 0 Å². The molecule has 2 atom stereocenters. The summed E-state index contributed by atoms with van der Waals surface area (Å²) in [4.78, 5) is 11.8. The molecule has 19 heavy (non-hydrogen) atoms. The summed E-state index contributed by atoms with van der Waals surface area (Å²) >= 11 is 6.00. The molecule has 1 aromatic carbocycles. The first kappa shape index (κ1) is 14.1. The number of hydrogen-bond acceptors (Lipinski definition) is 2. The van der Waals surface area contributed by atoms with Crippen LogP contribution in [0, 0.1) is 5.41 Å². The minimum atomic E-state index is -0.342. The molecular weight excluding hydrogens is 262 g/mol. The second-order valence-electron chi connectivity index (χ2n) is 5.49. The summed E-state index contributed by atoms with van der Waals surface area (Å²) < 4.78 is 0. The lowest BCUT2D eigenvalue weighted by Gasteiger charge is -2.49. The maximum atomic E-state index is 11.8. The first-order chi connectivity index (χ1) is 8.91. The summed E-state index contributed by atoms with van der Waals surface area (Å²) in [5, 5.41) is 13.1. The number of aliphatic hydroxyl groups is 1. The largest absolute Gasteiger partial charge is 0.392 e. The standard InChI is InChI=1S/C15H18ClNO2/c1-15(2)12(9-13(15)18)17-14(19)8-7-10-5-3-4-6-11(10)16/h3-8,12-13,18H,9H2,1-2H3,(H,17,19)/b8-7+. The number of benzene rings is 1. The highest BCUT2D eigenvalue weighted by molar-refractivity contribution is 6.32. The molecule has 4 heteroatoms. The molecule has 102 valence electrons. The third-order valence-electron chi connectivity index (χ3n) is 3.85. The summed E-state index contributed by atoms with van der Waals surface area (Å²) in [5.74, 6) is -0.162. The van der Waals surface area contributed by atoms with Crippen molar-refractivity contribution < 1.29 is 9.90 Å². The van der Waals surface area contributed by atoms with Crippen LogP contribution in [-0.2, 0) is 4.79 Å². The van der Waals surface area contributed by atoms with Crippen LogP contribution in [0.25, 0.3) is 6.08 Å². The van der Waals surface area contributed by atoms with E-state index < -0.39 is 0 Å². The van der Waals surface area contributed by atoms with Gasteiger partial charge in [0.25, 0.3) is 0 Å². The van der Waals surface area contributed by atoms with Gasteiger partial charge in [-0.3, -0.25) is 4.79 Å². The second-order valence-corrected chi connectivity index (χ2v) is 5.90. The van der Waals surface area contributed by atoms with Crippen LogP contribution >= 0.6 is 11.6 Å². The van der Waals surface area contributed by atoms with E-state index in [1.165, 1.54) is 6.08 Å². The molecule has 1 fully saturated rings. The number of carbonyl (C=O) groups is 1. The first-order valence-electron chi connectivity index (χ1n) is 6.32. The van der Waals surface area contributed by atoms with Gasteiger partial charge in [0.2, 0.25) is 5.91 Å². The lowest BCUT2D eigenvalue weighted by Crippen LogP contribution is -2.60. The molecule has 0 saturated heterocycles. The maximum Gasteiger partial charge on any atom is 0.244 e. The van der Waals surface area contributed by atoms with Crippen LogP contribution in [0.5, 0.6) is 0 Å². The Morgan fingerprint density at radius 1 is 1.47 bits per heavy atom. The molecule has 1 amide bonds. The number of aliphatic hydroxyl groups excluding tert-OH is 1. The summed E-state index contributed by atoms with van der Waals surface area (Å²) in [7, 11) is 0. The number of rotatable bonds is 3. The second kappa shape index (κ2) is 5.35. The van der Waals surface area contributed by atoms with Crippen molar-refractivity contribution in [1.29, 1.82) is 0 Å². The van der Waals surface area contributed by atoms with Crippen LogP contribution < -0.4 is 5.32 Å². The van der Waals surface area contributed by atoms with Gasteiger partial charge < -0.3 is 10.4 Å². The number of halogens is 1. The topological polar surface area (TPSA) is 49.3 Å². The predicted octanol–water partition coefficient (Wildman–Crippen LogP) is 2.63. The Balaban J connectivity index is 1.94. The highest BCUT2D eigenvalue weighted by Gasteiger charge is 2.47. The molecule has 0 aliphatic heterocycles. The number of carbonyl (C=O) groups excluding carboxylic acids is 1. The Bertz CT molecular complexity index is 511. The molecule has 2 N–H and O–H groups in total. The van der Waals surface area contributed by atoms with E-state index in [1.54, 1.807) is 12.1 Å². The van der Waals surface area contributed by atoms with Crippen molar-refractivity contribution in [2.45, 2.75) is 32.4 Å². The van der Waals surface area contributed by atoms with Crippen LogP contribution in [0.2, 0.25) is 5.02 Å². The first-order valence-corrected chi connectivity index (χ1v) is 6.70. The van der Waals surface area contributed by atoms with Gasteiger partial charge in [0, 0.05) is 22.6 Å². The van der Waals surface area contributed by atoms with Crippen molar-refractivity contribution in [3.63, 3.8) is 0 Å². The SMILES string of the molecule is CC1(C)C(O)CC1NC(=O)/C=C/c1ccccc1Cl. The maximum absolute atomic E-state index is 11.8. The predicted molar refractivity (Wildman–Crippen MR) is 76.8 cm³/mol. The van der Waals surface area contributed by atoms with E-state index in [9.17, 15) is 9.90 Å². The zero-order valence-electron chi connectivity index (χ0n) is 11.1. The molecule has 1 aliphatic rings. The molecule has 0 bridgehead atoms. The molecule has 0 heterocycles. The van der Waals surface area contributed by atoms with Gasteiger partial charge in [-0.15, -0.1) is 0 Å². The Morgan fingerprint density at radius 3 is 2.74 bits per heavy atom. The quantitative estimate of drug-likeness (QED) is 0.836. The van der Waals surface area contributed by atoms with Gasteiger partial charge >= 0.3 is 0 Å². The monoisotopic (exact) mass is 279 g/mol. The lowest BCUT2D eigenvalue weighted by molar-refractivity contribution is -0.124. The van der Waals surface area contributed by atoms with E-state index in [2.05, 4.69) is 5.32 Å². The van der Waals surface area contributed by atoms with Crippen molar-refractivity contribution in [2.24, 2.45) is 5.41 Å². The molecular formula is C15H18ClNO2. The van der Waals surface area contributed by atoms with Crippen molar-refractivity contribution in [1.82, 2.24) is 5.32 Å². The molecule has 0 radical (unpaired) electrons. The fraction of sp³-hybridized carbons (Fsp3) is 0.400. The van der Waals surface area contributed by atoms with Gasteiger partial charge in [0.1, 0.15) is 0 Å². The van der Waals surface area contributed by atoms with Crippen molar-refractivity contribution in [3.8, 4) is 0 Å². The third-order valence-corrected chi connectivity index (χ3v) is 4.20. The zero-order valence-corrected chi connectivity index (χ0v) is 11.8. The molecule has 1 aromatic rings. The highest BCUT2D eigenvalue weighted by Crippen LogP contribution is 2.40. The molecule has 0 spiro atoms. The van der Waals surface area contributed by atoms with E-state index in [-0.39, 0.29) is 23.5 Å². The van der Waals surface area contributed by atoms with E-state index in [0.717, 1.165) is 5.56 Å². The van der Waals surface area contributed by atoms with Gasteiger partial charge in [-0.2, -0.15) is 0 Å². The minimum Gasteiger partial charge on any atom is -0.392 e. The van der Waals surface area contributed by atoms with Crippen molar-refractivity contribution >= 4 is 23.6 Å². The Hall–Kier alpha value is -1.32. The normalized spacial score (nSPS) is 25.1. The number of hydrogen-bond donors (Lipinski definition) is 2. The summed E-state index contributed by atoms with van der Waals surface area (Å²) in [6.45, 7) is 3.90. The number of nitrogens with one attached hydrogen (secondary N) is 1. The van der Waals surface area contributed by atoms with Gasteiger partial charge in [-0.25, -0.2) is 0 Å². The van der Waals surface area contributed by atoms with E-state index in [1.807, 2.05) is 32.0 Å². The van der Waals surface area contributed by atoms with Gasteiger partial charge in [-0.1, -0.05) is 43.6 Å². The Labute approximate surface area is 118 Å². The van der Waals surface area contributed by atoms with Gasteiger partial charge in [0.05, 0.1) is 6.10 Å². The van der Waals surface area contributed by atoms with E-state index >= 15 is 0 Å². The van der Waals surface area contributed by atoms with Crippen LogP contribution in [0.4, 0.5) is 0 Å². The van der Waals surface area contributed by atoms with Crippen LogP contribution in [0.1, 0.15) is 25.8 Å². The molecule has 3 nitrogen and oxygen atoms in total. The number of amides is 1. The fourth-order valence-electron chi connectivity index (χ4n) is 2.14.